The summed E-state index contributed by atoms with van der Waals surface area (Å²) < 4.78 is 7.30. The van der Waals surface area contributed by atoms with Gasteiger partial charge in [-0.15, -0.1) is 0 Å². The highest BCUT2D eigenvalue weighted by atomic mass is 35.5. The van der Waals surface area contributed by atoms with Crippen LogP contribution in [0.2, 0.25) is 5.02 Å². The van der Waals surface area contributed by atoms with Gasteiger partial charge in [0.25, 0.3) is 0 Å². The van der Waals surface area contributed by atoms with Crippen LogP contribution in [0.25, 0.3) is 0 Å². The molecular formula is C19H26ClN5O2. The van der Waals surface area contributed by atoms with Crippen molar-refractivity contribution in [3.05, 3.63) is 53.1 Å². The molecule has 1 aliphatic heterocycles. The zero-order chi connectivity index (χ0) is 19.4. The van der Waals surface area contributed by atoms with Crippen LogP contribution < -0.4 is 10.9 Å². The number of rotatable bonds is 7. The van der Waals surface area contributed by atoms with Gasteiger partial charge in [-0.05, 0) is 32.6 Å². The Morgan fingerprint density at radius 2 is 2.22 bits per heavy atom. The molecule has 146 valence electrons. The number of benzene rings is 1. The summed E-state index contributed by atoms with van der Waals surface area (Å²) in [5.41, 5.74) is 8.15. The van der Waals surface area contributed by atoms with Crippen LogP contribution in [-0.4, -0.2) is 53.7 Å². The van der Waals surface area contributed by atoms with Crippen molar-refractivity contribution in [2.45, 2.75) is 31.5 Å². The highest BCUT2D eigenvalue weighted by molar-refractivity contribution is 6.31. The minimum atomic E-state index is -0.432. The molecule has 1 aliphatic rings. The van der Waals surface area contributed by atoms with Gasteiger partial charge in [-0.2, -0.15) is 0 Å². The van der Waals surface area contributed by atoms with E-state index in [2.05, 4.69) is 25.3 Å². The minimum Gasteiger partial charge on any atom is -0.465 e. The van der Waals surface area contributed by atoms with Crippen LogP contribution in [0.15, 0.2) is 36.8 Å². The predicted molar refractivity (Wildman–Crippen MR) is 104 cm³/mol. The van der Waals surface area contributed by atoms with Crippen LogP contribution in [0.4, 0.5) is 0 Å². The van der Waals surface area contributed by atoms with Crippen LogP contribution in [0, 0.1) is 0 Å². The number of carbonyl (C=O) groups is 1. The number of hydrogen-bond donors (Lipinski definition) is 2. The number of nitrogens with zero attached hydrogens (tertiary/aromatic N) is 3. The van der Waals surface area contributed by atoms with Crippen molar-refractivity contribution in [2.75, 3.05) is 27.2 Å². The Bertz CT molecular complexity index is 779. The van der Waals surface area contributed by atoms with Crippen molar-refractivity contribution < 1.29 is 9.53 Å². The SMILES string of the molecule is CCOC(=O)C1NNCC1c1cncn1CC(c1ccccc1Cl)N(C)C. The van der Waals surface area contributed by atoms with Crippen molar-refractivity contribution in [1.29, 1.82) is 0 Å². The first-order valence-electron chi connectivity index (χ1n) is 9.08. The molecule has 0 amide bonds. The van der Waals surface area contributed by atoms with E-state index in [-0.39, 0.29) is 17.9 Å². The van der Waals surface area contributed by atoms with Gasteiger partial charge >= 0.3 is 5.97 Å². The zero-order valence-corrected chi connectivity index (χ0v) is 16.6. The van der Waals surface area contributed by atoms with E-state index in [0.717, 1.165) is 16.3 Å². The molecule has 0 bridgehead atoms. The summed E-state index contributed by atoms with van der Waals surface area (Å²) in [6.07, 6.45) is 3.63. The minimum absolute atomic E-state index is 0.0550. The normalized spacial score (nSPS) is 20.8. The second kappa shape index (κ2) is 8.84. The van der Waals surface area contributed by atoms with Crippen molar-refractivity contribution in [3.8, 4) is 0 Å². The summed E-state index contributed by atoms with van der Waals surface area (Å²) in [6, 6.07) is 7.52. The van der Waals surface area contributed by atoms with Crippen LogP contribution in [-0.2, 0) is 16.1 Å². The van der Waals surface area contributed by atoms with E-state index in [1.807, 2.05) is 57.8 Å². The summed E-state index contributed by atoms with van der Waals surface area (Å²) in [5.74, 6) is -0.309. The number of ether oxygens (including phenoxy) is 1. The molecule has 27 heavy (non-hydrogen) atoms. The van der Waals surface area contributed by atoms with Crippen LogP contribution in [0.5, 0.6) is 0 Å². The molecule has 0 saturated carbocycles. The molecule has 1 saturated heterocycles. The van der Waals surface area contributed by atoms with Gasteiger partial charge in [0, 0.05) is 35.9 Å². The van der Waals surface area contributed by atoms with Gasteiger partial charge < -0.3 is 14.2 Å². The Hall–Kier alpha value is -1.93. The first-order chi connectivity index (χ1) is 13.0. The Morgan fingerprint density at radius 3 is 2.93 bits per heavy atom. The maximum absolute atomic E-state index is 12.3. The molecule has 8 heteroatoms. The molecule has 1 fully saturated rings. The first-order valence-corrected chi connectivity index (χ1v) is 9.46. The van der Waals surface area contributed by atoms with Crippen LogP contribution in [0.1, 0.15) is 30.1 Å². The average molecular weight is 392 g/mol. The van der Waals surface area contributed by atoms with Crippen molar-refractivity contribution in [1.82, 2.24) is 25.3 Å². The summed E-state index contributed by atoms with van der Waals surface area (Å²) >= 11 is 6.44. The van der Waals surface area contributed by atoms with Gasteiger partial charge in [-0.3, -0.25) is 10.2 Å². The molecule has 2 aromatic rings. The lowest BCUT2D eigenvalue weighted by Crippen LogP contribution is -2.39. The molecule has 3 atom stereocenters. The fourth-order valence-corrected chi connectivity index (χ4v) is 3.75. The highest BCUT2D eigenvalue weighted by Crippen LogP contribution is 2.30. The van der Waals surface area contributed by atoms with E-state index in [4.69, 9.17) is 16.3 Å². The van der Waals surface area contributed by atoms with Gasteiger partial charge in [0.05, 0.1) is 19.0 Å². The largest absolute Gasteiger partial charge is 0.465 e. The molecule has 3 unspecified atom stereocenters. The monoisotopic (exact) mass is 391 g/mol. The molecule has 7 nitrogen and oxygen atoms in total. The molecule has 0 spiro atoms. The summed E-state index contributed by atoms with van der Waals surface area (Å²) in [5, 5.41) is 0.742. The maximum atomic E-state index is 12.3. The second-order valence-corrected chi connectivity index (χ2v) is 7.24. The van der Waals surface area contributed by atoms with E-state index in [0.29, 0.717) is 19.7 Å². The predicted octanol–water partition coefficient (Wildman–Crippen LogP) is 1.96. The lowest BCUT2D eigenvalue weighted by molar-refractivity contribution is -0.145. The van der Waals surface area contributed by atoms with E-state index in [1.54, 1.807) is 0 Å². The maximum Gasteiger partial charge on any atom is 0.325 e. The van der Waals surface area contributed by atoms with Gasteiger partial charge in [0.15, 0.2) is 0 Å². The Kier molecular flexibility index (Phi) is 6.49. The Morgan fingerprint density at radius 1 is 1.44 bits per heavy atom. The van der Waals surface area contributed by atoms with Gasteiger partial charge in [-0.1, -0.05) is 29.8 Å². The Balaban J connectivity index is 1.86. The lowest BCUT2D eigenvalue weighted by Gasteiger charge is -2.28. The number of esters is 1. The average Bonchev–Trinajstić information content (AvgIpc) is 3.29. The standard InChI is InChI=1S/C19H26ClN5O2/c1-4-27-19(26)18-14(9-22-23-18)16-10-21-12-25(16)11-17(24(2)3)13-7-5-6-8-15(13)20/h5-8,10,12,14,17-18,22-23H,4,9,11H2,1-3H3. The number of nitrogens with one attached hydrogen (secondary N) is 2. The van der Waals surface area contributed by atoms with Gasteiger partial charge in [-0.25, -0.2) is 10.4 Å². The fourth-order valence-electron chi connectivity index (χ4n) is 3.49. The first kappa shape index (κ1) is 19.8. The van der Waals surface area contributed by atoms with E-state index in [1.165, 1.54) is 0 Å². The van der Waals surface area contributed by atoms with Crippen molar-refractivity contribution >= 4 is 17.6 Å². The smallest absolute Gasteiger partial charge is 0.325 e. The molecule has 2 heterocycles. The second-order valence-electron chi connectivity index (χ2n) is 6.83. The Labute approximate surface area is 164 Å². The van der Waals surface area contributed by atoms with Crippen LogP contribution >= 0.6 is 11.6 Å². The van der Waals surface area contributed by atoms with Crippen molar-refractivity contribution in [3.63, 3.8) is 0 Å². The van der Waals surface area contributed by atoms with E-state index >= 15 is 0 Å². The number of carbonyl (C=O) groups excluding carboxylic acids is 1. The third kappa shape index (κ3) is 4.32. The van der Waals surface area contributed by atoms with E-state index < -0.39 is 6.04 Å². The molecule has 0 aliphatic carbocycles. The van der Waals surface area contributed by atoms with Crippen LogP contribution in [0.3, 0.4) is 0 Å². The number of imidazole rings is 1. The summed E-state index contributed by atoms with van der Waals surface area (Å²) in [6.45, 7) is 3.48. The number of likely N-dealkylation sites (N-methyl/N-ethyl adjacent to an activating group) is 1. The molecular weight excluding hydrogens is 366 g/mol. The number of halogens is 1. The highest BCUT2D eigenvalue weighted by Gasteiger charge is 2.37. The summed E-state index contributed by atoms with van der Waals surface area (Å²) in [7, 11) is 4.06. The molecule has 2 N–H and O–H groups in total. The molecule has 1 aromatic carbocycles. The summed E-state index contributed by atoms with van der Waals surface area (Å²) in [4.78, 5) is 18.8. The number of aromatic nitrogens is 2. The van der Waals surface area contributed by atoms with Gasteiger partial charge in [0.1, 0.15) is 6.04 Å². The topological polar surface area (TPSA) is 71.4 Å². The molecule has 3 rings (SSSR count). The van der Waals surface area contributed by atoms with Gasteiger partial charge in [0.2, 0.25) is 0 Å². The third-order valence-corrected chi connectivity index (χ3v) is 5.25. The molecule has 1 aromatic heterocycles. The quantitative estimate of drug-likeness (QED) is 0.703. The fraction of sp³-hybridized carbons (Fsp3) is 0.474. The van der Waals surface area contributed by atoms with E-state index in [9.17, 15) is 4.79 Å². The number of hydrogen-bond acceptors (Lipinski definition) is 6. The molecule has 0 radical (unpaired) electrons. The number of hydrazine groups is 1. The zero-order valence-electron chi connectivity index (χ0n) is 15.9. The lowest BCUT2D eigenvalue weighted by atomic mass is 9.98. The van der Waals surface area contributed by atoms with Crippen molar-refractivity contribution in [2.24, 2.45) is 0 Å². The third-order valence-electron chi connectivity index (χ3n) is 4.90.